The van der Waals surface area contributed by atoms with Crippen LogP contribution >= 0.6 is 11.6 Å². The molecule has 2 N–H and O–H groups in total. The van der Waals surface area contributed by atoms with Crippen LogP contribution in [0.1, 0.15) is 28.3 Å². The smallest absolute Gasteiger partial charge is 0.131 e. The van der Waals surface area contributed by atoms with Gasteiger partial charge in [0.2, 0.25) is 0 Å². The van der Waals surface area contributed by atoms with Crippen LogP contribution in [-0.4, -0.2) is 0 Å². The van der Waals surface area contributed by atoms with Crippen LogP contribution in [0.4, 0.5) is 13.2 Å². The fourth-order valence-electron chi connectivity index (χ4n) is 2.00. The first-order chi connectivity index (χ1) is 9.31. The molecule has 1 nitrogen and oxygen atoms in total. The average Bonchev–Trinajstić information content (AvgIpc) is 2.37. The monoisotopic (exact) mass is 299 g/mol. The maximum atomic E-state index is 13.8. The minimum Gasteiger partial charge on any atom is -0.320 e. The van der Waals surface area contributed by atoms with Crippen LogP contribution in [0.15, 0.2) is 24.3 Å². The lowest BCUT2D eigenvalue weighted by Crippen LogP contribution is -2.15. The molecule has 2 aromatic carbocycles. The lowest BCUT2D eigenvalue weighted by Gasteiger charge is -2.17. The summed E-state index contributed by atoms with van der Waals surface area (Å²) in [6.45, 7) is 3.08. The number of hydrogen-bond donors (Lipinski definition) is 1. The van der Waals surface area contributed by atoms with Gasteiger partial charge in [-0.05, 0) is 48.7 Å². The number of nitrogens with two attached hydrogens (primary N) is 1. The molecular formula is C15H13ClF3N. The van der Waals surface area contributed by atoms with Gasteiger partial charge in [0.1, 0.15) is 17.5 Å². The van der Waals surface area contributed by atoms with E-state index in [-0.39, 0.29) is 16.1 Å². The summed E-state index contributed by atoms with van der Waals surface area (Å²) in [6, 6.07) is 3.85. The van der Waals surface area contributed by atoms with Crippen molar-refractivity contribution in [1.29, 1.82) is 0 Å². The predicted molar refractivity (Wildman–Crippen MR) is 73.3 cm³/mol. The van der Waals surface area contributed by atoms with Crippen molar-refractivity contribution in [3.8, 4) is 0 Å². The standard InChI is InChI=1S/C15H13ClF3N/c1-7-3-9(11(16)5-12(7)17)15(20)10-4-8(2)13(18)6-14(10)19/h3-6,15H,20H2,1-2H3. The van der Waals surface area contributed by atoms with Crippen LogP contribution in [-0.2, 0) is 0 Å². The quantitative estimate of drug-likeness (QED) is 0.872. The van der Waals surface area contributed by atoms with Gasteiger partial charge in [0, 0.05) is 16.7 Å². The van der Waals surface area contributed by atoms with Crippen molar-refractivity contribution in [2.75, 3.05) is 0 Å². The van der Waals surface area contributed by atoms with Gasteiger partial charge in [0.25, 0.3) is 0 Å². The van der Waals surface area contributed by atoms with Crippen LogP contribution < -0.4 is 5.73 Å². The molecular weight excluding hydrogens is 287 g/mol. The summed E-state index contributed by atoms with van der Waals surface area (Å²) in [4.78, 5) is 0. The Kier molecular flexibility index (Phi) is 4.06. The van der Waals surface area contributed by atoms with E-state index in [0.717, 1.165) is 12.1 Å². The van der Waals surface area contributed by atoms with E-state index in [1.54, 1.807) is 6.92 Å². The molecule has 0 radical (unpaired) electrons. The summed E-state index contributed by atoms with van der Waals surface area (Å²) < 4.78 is 40.5. The lowest BCUT2D eigenvalue weighted by atomic mass is 9.96. The van der Waals surface area contributed by atoms with E-state index in [4.69, 9.17) is 17.3 Å². The lowest BCUT2D eigenvalue weighted by molar-refractivity contribution is 0.560. The van der Waals surface area contributed by atoms with Crippen LogP contribution in [0.3, 0.4) is 0 Å². The van der Waals surface area contributed by atoms with Crippen molar-refractivity contribution in [2.45, 2.75) is 19.9 Å². The fourth-order valence-corrected chi connectivity index (χ4v) is 2.27. The zero-order valence-corrected chi connectivity index (χ0v) is 11.7. The summed E-state index contributed by atoms with van der Waals surface area (Å²) in [6.07, 6.45) is 0. The topological polar surface area (TPSA) is 26.0 Å². The fraction of sp³-hybridized carbons (Fsp3) is 0.200. The molecule has 0 bridgehead atoms. The zero-order chi connectivity index (χ0) is 15.0. The second kappa shape index (κ2) is 5.46. The summed E-state index contributed by atoms with van der Waals surface area (Å²) >= 11 is 5.95. The van der Waals surface area contributed by atoms with Gasteiger partial charge in [-0.1, -0.05) is 11.6 Å². The Bertz CT molecular complexity index is 613. The Labute approximate surface area is 120 Å². The molecule has 0 saturated carbocycles. The SMILES string of the molecule is Cc1cc(C(N)c2cc(C)c(F)cc2Cl)c(F)cc1F. The molecule has 1 unspecified atom stereocenters. The van der Waals surface area contributed by atoms with Crippen LogP contribution in [0.25, 0.3) is 0 Å². The summed E-state index contributed by atoms with van der Waals surface area (Å²) in [7, 11) is 0. The summed E-state index contributed by atoms with van der Waals surface area (Å²) in [5.41, 5.74) is 7.15. The number of benzene rings is 2. The Morgan fingerprint density at radius 1 is 0.850 bits per heavy atom. The first kappa shape index (κ1) is 14.9. The van der Waals surface area contributed by atoms with Gasteiger partial charge in [-0.25, -0.2) is 13.2 Å². The van der Waals surface area contributed by atoms with Crippen molar-refractivity contribution in [1.82, 2.24) is 0 Å². The maximum absolute atomic E-state index is 13.8. The van der Waals surface area contributed by atoms with E-state index >= 15 is 0 Å². The van der Waals surface area contributed by atoms with E-state index < -0.39 is 23.5 Å². The minimum atomic E-state index is -0.888. The number of halogens is 4. The zero-order valence-electron chi connectivity index (χ0n) is 11.0. The van der Waals surface area contributed by atoms with Gasteiger partial charge < -0.3 is 5.73 Å². The predicted octanol–water partition coefficient (Wildman–Crippen LogP) is 4.42. The first-order valence-corrected chi connectivity index (χ1v) is 6.35. The summed E-state index contributed by atoms with van der Waals surface area (Å²) in [5, 5.41) is 0.113. The Morgan fingerprint density at radius 3 is 1.95 bits per heavy atom. The summed E-state index contributed by atoms with van der Waals surface area (Å²) in [5.74, 6) is -1.85. The highest BCUT2D eigenvalue weighted by atomic mass is 35.5. The molecule has 0 amide bonds. The molecule has 0 saturated heterocycles. The van der Waals surface area contributed by atoms with Crippen LogP contribution in [0.5, 0.6) is 0 Å². The second-order valence-corrected chi connectivity index (χ2v) is 5.13. The number of hydrogen-bond acceptors (Lipinski definition) is 1. The Balaban J connectivity index is 2.54. The van der Waals surface area contributed by atoms with E-state index in [1.165, 1.54) is 19.1 Å². The molecule has 0 aliphatic rings. The van der Waals surface area contributed by atoms with Gasteiger partial charge in [0.15, 0.2) is 0 Å². The molecule has 106 valence electrons. The van der Waals surface area contributed by atoms with Crippen LogP contribution in [0, 0.1) is 31.3 Å². The molecule has 1 atom stereocenters. The molecule has 2 rings (SSSR count). The third-order valence-electron chi connectivity index (χ3n) is 3.23. The van der Waals surface area contributed by atoms with Crippen molar-refractivity contribution in [3.63, 3.8) is 0 Å². The van der Waals surface area contributed by atoms with E-state index in [2.05, 4.69) is 0 Å². The normalized spacial score (nSPS) is 12.6. The first-order valence-electron chi connectivity index (χ1n) is 5.98. The van der Waals surface area contributed by atoms with Crippen LogP contribution in [0.2, 0.25) is 5.02 Å². The Morgan fingerprint density at radius 2 is 1.35 bits per heavy atom. The highest BCUT2D eigenvalue weighted by molar-refractivity contribution is 6.31. The minimum absolute atomic E-state index is 0.113. The molecule has 0 spiro atoms. The highest BCUT2D eigenvalue weighted by Gasteiger charge is 2.19. The average molecular weight is 300 g/mol. The van der Waals surface area contributed by atoms with Gasteiger partial charge in [0.05, 0.1) is 6.04 Å². The molecule has 5 heteroatoms. The van der Waals surface area contributed by atoms with Crippen molar-refractivity contribution in [2.24, 2.45) is 5.73 Å². The van der Waals surface area contributed by atoms with Gasteiger partial charge in [-0.3, -0.25) is 0 Å². The molecule has 0 aliphatic carbocycles. The van der Waals surface area contributed by atoms with E-state index in [0.29, 0.717) is 11.1 Å². The highest BCUT2D eigenvalue weighted by Crippen LogP contribution is 2.31. The second-order valence-electron chi connectivity index (χ2n) is 4.72. The van der Waals surface area contributed by atoms with Crippen molar-refractivity contribution in [3.05, 3.63) is 69.0 Å². The molecule has 0 heterocycles. The maximum Gasteiger partial charge on any atom is 0.131 e. The molecule has 2 aromatic rings. The number of aryl methyl sites for hydroxylation is 2. The van der Waals surface area contributed by atoms with E-state index in [9.17, 15) is 13.2 Å². The van der Waals surface area contributed by atoms with Crippen molar-refractivity contribution < 1.29 is 13.2 Å². The third-order valence-corrected chi connectivity index (χ3v) is 3.55. The van der Waals surface area contributed by atoms with Gasteiger partial charge in [-0.2, -0.15) is 0 Å². The molecule has 20 heavy (non-hydrogen) atoms. The Hall–Kier alpha value is -1.52. The molecule has 0 aliphatic heterocycles. The van der Waals surface area contributed by atoms with Crippen molar-refractivity contribution >= 4 is 11.6 Å². The number of rotatable bonds is 2. The van der Waals surface area contributed by atoms with Gasteiger partial charge in [-0.15, -0.1) is 0 Å². The third kappa shape index (κ3) is 2.67. The van der Waals surface area contributed by atoms with Gasteiger partial charge >= 0.3 is 0 Å². The molecule has 0 aromatic heterocycles. The van der Waals surface area contributed by atoms with E-state index in [1.807, 2.05) is 0 Å². The molecule has 0 fully saturated rings. The largest absolute Gasteiger partial charge is 0.320 e.